The van der Waals surface area contributed by atoms with Crippen molar-refractivity contribution in [3.05, 3.63) is 135 Å². The van der Waals surface area contributed by atoms with E-state index in [-0.39, 0.29) is 23.2 Å². The van der Waals surface area contributed by atoms with Crippen molar-refractivity contribution >= 4 is 17.5 Å². The summed E-state index contributed by atoms with van der Waals surface area (Å²) in [5.74, 6) is -4.61. The van der Waals surface area contributed by atoms with Crippen LogP contribution in [0.3, 0.4) is 0 Å². The first-order chi connectivity index (χ1) is 18.7. The van der Waals surface area contributed by atoms with Crippen LogP contribution in [-0.4, -0.2) is 10.9 Å². The third-order valence-corrected chi connectivity index (χ3v) is 6.33. The Bertz CT molecular complexity index is 1520. The van der Waals surface area contributed by atoms with Crippen molar-refractivity contribution in [1.29, 1.82) is 0 Å². The summed E-state index contributed by atoms with van der Waals surface area (Å²) in [5, 5.41) is 2.54. The summed E-state index contributed by atoms with van der Waals surface area (Å²) in [6.07, 6.45) is -9.52. The van der Waals surface area contributed by atoms with Crippen molar-refractivity contribution in [1.82, 2.24) is 10.3 Å². The van der Waals surface area contributed by atoms with Crippen molar-refractivity contribution in [3.63, 3.8) is 0 Å². The van der Waals surface area contributed by atoms with Crippen LogP contribution >= 0.6 is 11.6 Å². The molecule has 208 valence electrons. The molecule has 0 fully saturated rings. The van der Waals surface area contributed by atoms with Crippen LogP contribution in [-0.2, 0) is 24.3 Å². The average molecular weight is 585 g/mol. The van der Waals surface area contributed by atoms with Crippen LogP contribution in [0.2, 0.25) is 5.02 Å². The summed E-state index contributed by atoms with van der Waals surface area (Å²) in [4.78, 5) is 17.6. The molecule has 40 heavy (non-hydrogen) atoms. The summed E-state index contributed by atoms with van der Waals surface area (Å²) in [7, 11) is 0. The Morgan fingerprint density at radius 3 is 2.02 bits per heavy atom. The molecule has 1 unspecified atom stereocenters. The highest BCUT2D eigenvalue weighted by Crippen LogP contribution is 2.40. The zero-order valence-corrected chi connectivity index (χ0v) is 20.8. The zero-order valence-electron chi connectivity index (χ0n) is 20.0. The maximum absolute atomic E-state index is 15.7. The lowest BCUT2D eigenvalue weighted by atomic mass is 9.79. The highest BCUT2D eigenvalue weighted by molar-refractivity contribution is 6.30. The van der Waals surface area contributed by atoms with Crippen LogP contribution in [0, 0.1) is 11.6 Å². The van der Waals surface area contributed by atoms with Crippen LogP contribution in [0.1, 0.15) is 38.3 Å². The van der Waals surface area contributed by atoms with E-state index in [2.05, 4.69) is 10.3 Å². The first kappa shape index (κ1) is 29.0. The topological polar surface area (TPSA) is 42.0 Å². The quantitative estimate of drug-likeness (QED) is 0.234. The van der Waals surface area contributed by atoms with Crippen molar-refractivity contribution in [2.75, 3.05) is 0 Å². The molecule has 3 nitrogen and oxygen atoms in total. The number of nitrogens with one attached hydrogen (secondary N) is 1. The lowest BCUT2D eigenvalue weighted by molar-refractivity contribution is -0.140. The van der Waals surface area contributed by atoms with Gasteiger partial charge in [0.05, 0.1) is 21.8 Å². The molecule has 0 bridgehead atoms. The summed E-state index contributed by atoms with van der Waals surface area (Å²) >= 11 is 5.95. The van der Waals surface area contributed by atoms with Gasteiger partial charge in [0.1, 0.15) is 17.2 Å². The Morgan fingerprint density at radius 1 is 0.775 bits per heavy atom. The van der Waals surface area contributed by atoms with E-state index in [1.807, 2.05) is 0 Å². The number of aromatic nitrogens is 1. The minimum atomic E-state index is -5.15. The number of hydrogen-bond acceptors (Lipinski definition) is 2. The van der Waals surface area contributed by atoms with Gasteiger partial charge in [-0.2, -0.15) is 26.3 Å². The van der Waals surface area contributed by atoms with Crippen LogP contribution in [0.25, 0.3) is 0 Å². The fourth-order valence-electron chi connectivity index (χ4n) is 4.26. The van der Waals surface area contributed by atoms with Crippen LogP contribution < -0.4 is 5.32 Å². The molecule has 0 saturated heterocycles. The number of nitrogens with zero attached hydrogens (tertiary/aromatic N) is 1. The van der Waals surface area contributed by atoms with Gasteiger partial charge in [0, 0.05) is 23.7 Å². The Labute approximate surface area is 227 Å². The second kappa shape index (κ2) is 10.9. The number of alkyl halides is 6. The van der Waals surface area contributed by atoms with E-state index in [0.29, 0.717) is 17.7 Å². The SMILES string of the molecule is O=C(NC(Cc1ccccc1)(c1ccc(Cl)cn1)c1cccc(C(F)(F)F)c1F)c1ccc(F)c(C(F)(F)F)c1. The molecule has 1 heterocycles. The van der Waals surface area contributed by atoms with E-state index in [0.717, 1.165) is 24.4 Å². The predicted octanol–water partition coefficient (Wildman–Crippen LogP) is 7.97. The molecule has 12 heteroatoms. The molecule has 4 aromatic rings. The Balaban J connectivity index is 1.99. The summed E-state index contributed by atoms with van der Waals surface area (Å²) < 4.78 is 111. The monoisotopic (exact) mass is 584 g/mol. The lowest BCUT2D eigenvalue weighted by Crippen LogP contribution is -2.50. The molecule has 0 spiro atoms. The number of amides is 1. The van der Waals surface area contributed by atoms with Gasteiger partial charge in [0.25, 0.3) is 5.91 Å². The van der Waals surface area contributed by atoms with E-state index in [4.69, 9.17) is 11.6 Å². The molecule has 1 atom stereocenters. The van der Waals surface area contributed by atoms with Gasteiger partial charge in [-0.1, -0.05) is 54.1 Å². The number of halogens is 9. The van der Waals surface area contributed by atoms with Crippen molar-refractivity contribution in [2.24, 2.45) is 0 Å². The smallest absolute Gasteiger partial charge is 0.336 e. The van der Waals surface area contributed by atoms with Crippen molar-refractivity contribution < 1.29 is 39.9 Å². The lowest BCUT2D eigenvalue weighted by Gasteiger charge is -2.36. The van der Waals surface area contributed by atoms with Crippen LogP contribution in [0.15, 0.2) is 85.1 Å². The number of hydrogen-bond donors (Lipinski definition) is 1. The Morgan fingerprint density at radius 2 is 1.43 bits per heavy atom. The highest BCUT2D eigenvalue weighted by Gasteiger charge is 2.44. The molecule has 0 aliphatic rings. The maximum atomic E-state index is 15.7. The highest BCUT2D eigenvalue weighted by atomic mass is 35.5. The van der Waals surface area contributed by atoms with Gasteiger partial charge in [-0.05, 0) is 42.0 Å². The van der Waals surface area contributed by atoms with E-state index in [1.165, 1.54) is 12.1 Å². The molecule has 3 aromatic carbocycles. The van der Waals surface area contributed by atoms with E-state index < -0.39 is 57.7 Å². The second-order valence-electron chi connectivity index (χ2n) is 8.74. The molecular weight excluding hydrogens is 568 g/mol. The number of pyridine rings is 1. The first-order valence-electron chi connectivity index (χ1n) is 11.4. The minimum absolute atomic E-state index is 0.113. The summed E-state index contributed by atoms with van der Waals surface area (Å²) in [6, 6.07) is 14.4. The number of carbonyl (C=O) groups is 1. The molecule has 0 aliphatic heterocycles. The van der Waals surface area contributed by atoms with Gasteiger partial charge in [-0.25, -0.2) is 8.78 Å². The van der Waals surface area contributed by atoms with Crippen molar-refractivity contribution in [3.8, 4) is 0 Å². The molecule has 1 N–H and O–H groups in total. The van der Waals surface area contributed by atoms with Crippen LogP contribution in [0.4, 0.5) is 35.1 Å². The number of rotatable bonds is 6. The number of benzene rings is 3. The molecule has 1 aromatic heterocycles. The first-order valence-corrected chi connectivity index (χ1v) is 11.8. The molecule has 0 radical (unpaired) electrons. The predicted molar refractivity (Wildman–Crippen MR) is 130 cm³/mol. The fourth-order valence-corrected chi connectivity index (χ4v) is 4.37. The molecule has 1 amide bonds. The van der Waals surface area contributed by atoms with Crippen LogP contribution in [0.5, 0.6) is 0 Å². The second-order valence-corrected chi connectivity index (χ2v) is 9.18. The Kier molecular flexibility index (Phi) is 7.89. The molecule has 0 saturated carbocycles. The van der Waals surface area contributed by atoms with Gasteiger partial charge in [-0.15, -0.1) is 0 Å². The molecular formula is C28H17ClF8N2O. The van der Waals surface area contributed by atoms with Gasteiger partial charge >= 0.3 is 12.4 Å². The normalized spacial score (nSPS) is 13.5. The maximum Gasteiger partial charge on any atom is 0.419 e. The fraction of sp³-hybridized carbons (Fsp3) is 0.143. The van der Waals surface area contributed by atoms with E-state index in [1.54, 1.807) is 30.3 Å². The zero-order chi connectivity index (χ0) is 29.3. The van der Waals surface area contributed by atoms with Gasteiger partial charge in [0.15, 0.2) is 0 Å². The van der Waals surface area contributed by atoms with Crippen molar-refractivity contribution in [2.45, 2.75) is 24.3 Å². The van der Waals surface area contributed by atoms with Gasteiger partial charge in [-0.3, -0.25) is 9.78 Å². The molecule has 0 aliphatic carbocycles. The third kappa shape index (κ3) is 5.94. The average Bonchev–Trinajstić information content (AvgIpc) is 2.88. The summed E-state index contributed by atoms with van der Waals surface area (Å²) in [6.45, 7) is 0. The Hall–Kier alpha value is -3.99. The molecule has 4 rings (SSSR count). The van der Waals surface area contributed by atoms with E-state index >= 15 is 4.39 Å². The largest absolute Gasteiger partial charge is 0.419 e. The number of carbonyl (C=O) groups excluding carboxylic acids is 1. The minimum Gasteiger partial charge on any atom is -0.336 e. The van der Waals surface area contributed by atoms with Gasteiger partial charge < -0.3 is 5.32 Å². The van der Waals surface area contributed by atoms with Gasteiger partial charge in [0.2, 0.25) is 0 Å². The standard InChI is InChI=1S/C28H17ClF8N2O/c29-18-10-12-23(38-15-18)26(14-16-5-2-1-3-6-16,19-7-4-8-20(24(19)31)27(32,33)34)39-25(40)17-9-11-22(30)21(13-17)28(35,36)37/h1-13,15H,14H2,(H,39,40). The summed E-state index contributed by atoms with van der Waals surface area (Å²) in [5.41, 5.74) is -6.64. The third-order valence-electron chi connectivity index (χ3n) is 6.10. The van der Waals surface area contributed by atoms with E-state index in [9.17, 15) is 35.5 Å².